The van der Waals surface area contributed by atoms with Gasteiger partial charge < -0.3 is 20.4 Å². The second-order valence-corrected chi connectivity index (χ2v) is 5.01. The Hall–Kier alpha value is -1.60. The largest absolute Gasteiger partial charge is 0.478 e. The summed E-state index contributed by atoms with van der Waals surface area (Å²) >= 11 is 3.20. The van der Waals surface area contributed by atoms with E-state index in [-0.39, 0.29) is 18.1 Å². The molecule has 1 aromatic rings. The van der Waals surface area contributed by atoms with E-state index in [2.05, 4.69) is 21.2 Å². The van der Waals surface area contributed by atoms with Crippen molar-refractivity contribution in [3.8, 4) is 0 Å². The highest BCUT2D eigenvalue weighted by molar-refractivity contribution is 9.10. The van der Waals surface area contributed by atoms with Crippen molar-refractivity contribution in [3.05, 3.63) is 28.2 Å². The van der Waals surface area contributed by atoms with Gasteiger partial charge in [0.05, 0.1) is 17.4 Å². The normalized spacial score (nSPS) is 11.8. The number of carbonyl (C=O) groups excluding carboxylic acids is 1. The number of hydrogen-bond acceptors (Lipinski definition) is 3. The molecule has 0 aliphatic heterocycles. The van der Waals surface area contributed by atoms with Gasteiger partial charge in [-0.3, -0.25) is 0 Å². The molecule has 1 unspecified atom stereocenters. The number of aliphatic hydroxyl groups excluding tert-OH is 1. The highest BCUT2D eigenvalue weighted by Gasteiger charge is 2.13. The number of hydrogen-bond donors (Lipinski definition) is 3. The SMILES string of the molecule is CC(O)CN(C)C(=O)Nc1ccc(C(=O)O)cc1Br. The zero-order chi connectivity index (χ0) is 14.6. The number of aromatic carboxylic acids is 1. The summed E-state index contributed by atoms with van der Waals surface area (Å²) in [5.74, 6) is -1.04. The fourth-order valence-electron chi connectivity index (χ4n) is 1.44. The van der Waals surface area contributed by atoms with Crippen molar-refractivity contribution >= 4 is 33.6 Å². The van der Waals surface area contributed by atoms with Gasteiger partial charge in [0, 0.05) is 18.1 Å². The number of rotatable bonds is 4. The summed E-state index contributed by atoms with van der Waals surface area (Å²) in [4.78, 5) is 23.9. The number of urea groups is 1. The van der Waals surface area contributed by atoms with Crippen LogP contribution in [0.25, 0.3) is 0 Å². The Labute approximate surface area is 119 Å². The third-order valence-corrected chi connectivity index (χ3v) is 3.00. The molecule has 1 atom stereocenters. The molecule has 7 heteroatoms. The molecule has 0 saturated carbocycles. The molecule has 0 spiro atoms. The second-order valence-electron chi connectivity index (χ2n) is 4.16. The second kappa shape index (κ2) is 6.53. The molecular weight excluding hydrogens is 316 g/mol. The summed E-state index contributed by atoms with van der Waals surface area (Å²) in [5.41, 5.74) is 0.592. The minimum atomic E-state index is -1.04. The van der Waals surface area contributed by atoms with Gasteiger partial charge in [-0.25, -0.2) is 9.59 Å². The fraction of sp³-hybridized carbons (Fsp3) is 0.333. The molecule has 1 rings (SSSR count). The van der Waals surface area contributed by atoms with Crippen LogP contribution in [0.5, 0.6) is 0 Å². The summed E-state index contributed by atoms with van der Waals surface area (Å²) in [6, 6.07) is 3.93. The first-order valence-electron chi connectivity index (χ1n) is 5.54. The maximum Gasteiger partial charge on any atom is 0.335 e. The first-order chi connectivity index (χ1) is 8.81. The van der Waals surface area contributed by atoms with Crippen molar-refractivity contribution in [2.75, 3.05) is 18.9 Å². The minimum Gasteiger partial charge on any atom is -0.478 e. The summed E-state index contributed by atoms with van der Waals surface area (Å²) in [6.45, 7) is 1.79. The van der Waals surface area contributed by atoms with Gasteiger partial charge in [0.1, 0.15) is 0 Å². The third-order valence-electron chi connectivity index (χ3n) is 2.34. The number of carbonyl (C=O) groups is 2. The van der Waals surface area contributed by atoms with Gasteiger partial charge in [-0.05, 0) is 41.1 Å². The Morgan fingerprint density at radius 2 is 2.11 bits per heavy atom. The minimum absolute atomic E-state index is 0.127. The van der Waals surface area contributed by atoms with Crippen LogP contribution in [0.2, 0.25) is 0 Å². The lowest BCUT2D eigenvalue weighted by atomic mass is 10.2. The molecule has 2 amide bonds. The van der Waals surface area contributed by atoms with Crippen LogP contribution < -0.4 is 5.32 Å². The molecule has 0 aromatic heterocycles. The quantitative estimate of drug-likeness (QED) is 0.787. The summed E-state index contributed by atoms with van der Waals surface area (Å²) in [6.07, 6.45) is -0.617. The van der Waals surface area contributed by atoms with E-state index >= 15 is 0 Å². The molecule has 1 aromatic carbocycles. The smallest absolute Gasteiger partial charge is 0.335 e. The number of nitrogens with zero attached hydrogens (tertiary/aromatic N) is 1. The Bertz CT molecular complexity index is 491. The van der Waals surface area contributed by atoms with Gasteiger partial charge in [0.15, 0.2) is 0 Å². The zero-order valence-electron chi connectivity index (χ0n) is 10.6. The highest BCUT2D eigenvalue weighted by atomic mass is 79.9. The topological polar surface area (TPSA) is 89.9 Å². The number of benzene rings is 1. The first kappa shape index (κ1) is 15.5. The average Bonchev–Trinajstić information content (AvgIpc) is 2.30. The molecular formula is C12H15BrN2O4. The van der Waals surface area contributed by atoms with Crippen molar-refractivity contribution in [2.45, 2.75) is 13.0 Å². The lowest BCUT2D eigenvalue weighted by Crippen LogP contribution is -2.36. The predicted molar refractivity (Wildman–Crippen MR) is 74.4 cm³/mol. The van der Waals surface area contributed by atoms with Crippen LogP contribution in [0.4, 0.5) is 10.5 Å². The lowest BCUT2D eigenvalue weighted by molar-refractivity contribution is 0.0697. The zero-order valence-corrected chi connectivity index (χ0v) is 12.1. The van der Waals surface area contributed by atoms with E-state index in [1.807, 2.05) is 0 Å². The van der Waals surface area contributed by atoms with Crippen LogP contribution >= 0.6 is 15.9 Å². The first-order valence-corrected chi connectivity index (χ1v) is 6.33. The Balaban J connectivity index is 2.77. The van der Waals surface area contributed by atoms with E-state index in [1.165, 1.54) is 23.1 Å². The van der Waals surface area contributed by atoms with E-state index in [1.54, 1.807) is 14.0 Å². The number of carboxylic acids is 1. The monoisotopic (exact) mass is 330 g/mol. The van der Waals surface area contributed by atoms with E-state index in [0.717, 1.165) is 0 Å². The van der Waals surface area contributed by atoms with Gasteiger partial charge in [0.25, 0.3) is 0 Å². The number of aliphatic hydroxyl groups is 1. The molecule has 104 valence electrons. The fourth-order valence-corrected chi connectivity index (χ4v) is 1.92. The van der Waals surface area contributed by atoms with Crippen LogP contribution in [-0.4, -0.2) is 46.8 Å². The van der Waals surface area contributed by atoms with Crippen molar-refractivity contribution in [3.63, 3.8) is 0 Å². The Kier molecular flexibility index (Phi) is 5.31. The van der Waals surface area contributed by atoms with Crippen LogP contribution in [0, 0.1) is 0 Å². The number of likely N-dealkylation sites (N-methyl/N-ethyl adjacent to an activating group) is 1. The van der Waals surface area contributed by atoms with Crippen LogP contribution in [0.1, 0.15) is 17.3 Å². The summed E-state index contributed by atoms with van der Waals surface area (Å²) in [5, 5.41) is 20.6. The third kappa shape index (κ3) is 4.53. The van der Waals surface area contributed by atoms with Gasteiger partial charge in [-0.15, -0.1) is 0 Å². The van der Waals surface area contributed by atoms with Crippen molar-refractivity contribution in [1.82, 2.24) is 4.90 Å². The number of anilines is 1. The van der Waals surface area contributed by atoms with Gasteiger partial charge >= 0.3 is 12.0 Å². The van der Waals surface area contributed by atoms with Crippen molar-refractivity contribution in [2.24, 2.45) is 0 Å². The standard InChI is InChI=1S/C12H15BrN2O4/c1-7(16)6-15(2)12(19)14-10-4-3-8(11(17)18)5-9(10)13/h3-5,7,16H,6H2,1-2H3,(H,14,19)(H,17,18). The number of nitrogens with one attached hydrogen (secondary N) is 1. The Morgan fingerprint density at radius 1 is 1.47 bits per heavy atom. The molecule has 6 nitrogen and oxygen atoms in total. The molecule has 0 aliphatic carbocycles. The maximum absolute atomic E-state index is 11.8. The lowest BCUT2D eigenvalue weighted by Gasteiger charge is -2.19. The molecule has 0 aliphatic rings. The summed E-state index contributed by atoms with van der Waals surface area (Å²) < 4.78 is 0.478. The van der Waals surface area contributed by atoms with E-state index in [9.17, 15) is 14.7 Å². The average molecular weight is 331 g/mol. The molecule has 19 heavy (non-hydrogen) atoms. The molecule has 0 heterocycles. The number of amides is 2. The van der Waals surface area contributed by atoms with E-state index in [4.69, 9.17) is 5.11 Å². The highest BCUT2D eigenvalue weighted by Crippen LogP contribution is 2.24. The van der Waals surface area contributed by atoms with Crippen LogP contribution in [0.15, 0.2) is 22.7 Å². The van der Waals surface area contributed by atoms with Crippen LogP contribution in [-0.2, 0) is 0 Å². The van der Waals surface area contributed by atoms with Crippen LogP contribution in [0.3, 0.4) is 0 Å². The van der Waals surface area contributed by atoms with E-state index < -0.39 is 12.1 Å². The maximum atomic E-state index is 11.8. The van der Waals surface area contributed by atoms with Gasteiger partial charge in [-0.2, -0.15) is 0 Å². The van der Waals surface area contributed by atoms with Gasteiger partial charge in [0.2, 0.25) is 0 Å². The van der Waals surface area contributed by atoms with Crippen molar-refractivity contribution in [1.29, 1.82) is 0 Å². The molecule has 0 bridgehead atoms. The molecule has 3 N–H and O–H groups in total. The molecule has 0 saturated heterocycles. The number of halogens is 1. The van der Waals surface area contributed by atoms with Gasteiger partial charge in [-0.1, -0.05) is 0 Å². The van der Waals surface area contributed by atoms with Crippen molar-refractivity contribution < 1.29 is 19.8 Å². The number of carboxylic acid groups (broad SMARTS) is 1. The molecule has 0 fully saturated rings. The predicted octanol–water partition coefficient (Wildman–Crippen LogP) is 1.99. The Morgan fingerprint density at radius 3 is 2.58 bits per heavy atom. The molecule has 0 radical (unpaired) electrons. The van der Waals surface area contributed by atoms with E-state index in [0.29, 0.717) is 10.2 Å². The summed E-state index contributed by atoms with van der Waals surface area (Å²) in [7, 11) is 1.56.